The highest BCUT2D eigenvalue weighted by Gasteiger charge is 2.28. The number of likely N-dealkylation sites (N-methyl/N-ethyl adjacent to an activating group) is 1. The van der Waals surface area contributed by atoms with Gasteiger partial charge < -0.3 is 15.6 Å². The van der Waals surface area contributed by atoms with Crippen LogP contribution < -0.4 is 16.6 Å². The normalized spacial score (nSPS) is 14.9. The van der Waals surface area contributed by atoms with Crippen LogP contribution in [0.25, 0.3) is 0 Å². The van der Waals surface area contributed by atoms with Gasteiger partial charge in [-0.1, -0.05) is 0 Å². The summed E-state index contributed by atoms with van der Waals surface area (Å²) >= 11 is 0. The van der Waals surface area contributed by atoms with Crippen LogP contribution in [0.1, 0.15) is 30.1 Å². The van der Waals surface area contributed by atoms with E-state index in [0.29, 0.717) is 5.92 Å². The Balaban J connectivity index is 2.13. The Morgan fingerprint density at radius 3 is 2.50 bits per heavy atom. The summed E-state index contributed by atoms with van der Waals surface area (Å²) < 4.78 is 0. The molecule has 0 aliphatic heterocycles. The van der Waals surface area contributed by atoms with E-state index in [1.807, 2.05) is 6.92 Å². The van der Waals surface area contributed by atoms with Gasteiger partial charge in [0.25, 0.3) is 0 Å². The number of rotatable bonds is 6. The Bertz CT molecular complexity index is 413. The van der Waals surface area contributed by atoms with Gasteiger partial charge in [0.1, 0.15) is 17.5 Å². The largest absolute Gasteiger partial charge is 0.368 e. The zero-order chi connectivity index (χ0) is 13.1. The van der Waals surface area contributed by atoms with Crippen molar-refractivity contribution in [2.75, 3.05) is 37.9 Å². The second-order valence-corrected chi connectivity index (χ2v) is 5.05. The zero-order valence-electron chi connectivity index (χ0n) is 11.3. The van der Waals surface area contributed by atoms with E-state index in [9.17, 15) is 0 Å². The van der Waals surface area contributed by atoms with Crippen LogP contribution >= 0.6 is 0 Å². The average Bonchev–Trinajstić information content (AvgIpc) is 3.15. The fraction of sp³-hybridized carbons (Fsp3) is 0.667. The monoisotopic (exact) mass is 250 g/mol. The number of hydrazine groups is 1. The molecule has 1 aromatic rings. The molecular formula is C12H22N6. The van der Waals surface area contributed by atoms with Crippen molar-refractivity contribution in [3.05, 3.63) is 11.4 Å². The topological polar surface area (TPSA) is 79.1 Å². The number of nitrogens with two attached hydrogens (primary N) is 1. The minimum absolute atomic E-state index is 0.520. The summed E-state index contributed by atoms with van der Waals surface area (Å²) in [5, 5.41) is 3.35. The summed E-state index contributed by atoms with van der Waals surface area (Å²) in [4.78, 5) is 11.2. The molecule has 0 saturated heterocycles. The minimum Gasteiger partial charge on any atom is -0.368 e. The van der Waals surface area contributed by atoms with Crippen molar-refractivity contribution in [3.8, 4) is 0 Å². The lowest BCUT2D eigenvalue weighted by Gasteiger charge is -2.15. The number of nitrogens with one attached hydrogen (secondary N) is 2. The molecule has 0 spiro atoms. The Kier molecular flexibility index (Phi) is 3.98. The molecule has 1 aliphatic carbocycles. The first-order valence-electron chi connectivity index (χ1n) is 6.35. The van der Waals surface area contributed by atoms with Gasteiger partial charge in [0.15, 0.2) is 0 Å². The Labute approximate surface area is 108 Å². The van der Waals surface area contributed by atoms with Crippen LogP contribution in [0.15, 0.2) is 0 Å². The molecule has 6 heteroatoms. The average molecular weight is 250 g/mol. The molecule has 1 aliphatic rings. The van der Waals surface area contributed by atoms with Crippen molar-refractivity contribution in [2.24, 2.45) is 5.84 Å². The van der Waals surface area contributed by atoms with Gasteiger partial charge in [-0.2, -0.15) is 0 Å². The highest BCUT2D eigenvalue weighted by molar-refractivity contribution is 5.57. The van der Waals surface area contributed by atoms with E-state index in [1.54, 1.807) is 0 Å². The van der Waals surface area contributed by atoms with Gasteiger partial charge >= 0.3 is 0 Å². The maximum atomic E-state index is 5.51. The standard InChI is InChI=1S/C12H22N6/c1-8-10(14-6-7-18(2)3)15-12(9-4-5-9)16-11(8)17-13/h9H,4-7,13H2,1-3H3,(H2,14,15,16,17). The number of aromatic nitrogens is 2. The summed E-state index contributed by atoms with van der Waals surface area (Å²) in [6, 6.07) is 0. The van der Waals surface area contributed by atoms with Gasteiger partial charge in [0.05, 0.1) is 0 Å². The van der Waals surface area contributed by atoms with E-state index in [0.717, 1.165) is 36.1 Å². The number of hydrogen-bond donors (Lipinski definition) is 3. The molecule has 0 amide bonds. The Morgan fingerprint density at radius 1 is 1.28 bits per heavy atom. The molecule has 0 atom stereocenters. The third-order valence-corrected chi connectivity index (χ3v) is 3.09. The lowest BCUT2D eigenvalue weighted by atomic mass is 10.3. The zero-order valence-corrected chi connectivity index (χ0v) is 11.3. The van der Waals surface area contributed by atoms with Crippen LogP contribution in [0.2, 0.25) is 0 Å². The SMILES string of the molecule is Cc1c(NN)nc(C2CC2)nc1NCCN(C)C. The molecule has 0 bridgehead atoms. The van der Waals surface area contributed by atoms with Crippen LogP contribution in [-0.2, 0) is 0 Å². The van der Waals surface area contributed by atoms with Crippen LogP contribution in [0.4, 0.5) is 11.6 Å². The molecule has 2 rings (SSSR count). The number of hydrogen-bond acceptors (Lipinski definition) is 6. The third-order valence-electron chi connectivity index (χ3n) is 3.09. The number of nitrogens with zero attached hydrogens (tertiary/aromatic N) is 3. The third kappa shape index (κ3) is 3.08. The van der Waals surface area contributed by atoms with E-state index >= 15 is 0 Å². The highest BCUT2D eigenvalue weighted by atomic mass is 15.3. The maximum Gasteiger partial charge on any atom is 0.148 e. The molecule has 1 saturated carbocycles. The maximum absolute atomic E-state index is 5.51. The first kappa shape index (κ1) is 13.0. The fourth-order valence-electron chi connectivity index (χ4n) is 1.77. The summed E-state index contributed by atoms with van der Waals surface area (Å²) in [5.41, 5.74) is 3.63. The van der Waals surface area contributed by atoms with E-state index < -0.39 is 0 Å². The van der Waals surface area contributed by atoms with Crippen molar-refractivity contribution in [1.29, 1.82) is 0 Å². The van der Waals surface area contributed by atoms with Gasteiger partial charge in [-0.25, -0.2) is 15.8 Å². The number of nitrogen functional groups attached to an aromatic ring is 1. The molecule has 1 fully saturated rings. The molecule has 18 heavy (non-hydrogen) atoms. The molecule has 4 N–H and O–H groups in total. The predicted octanol–water partition coefficient (Wildman–Crippen LogP) is 0.922. The van der Waals surface area contributed by atoms with Crippen LogP contribution in [-0.4, -0.2) is 42.1 Å². The summed E-state index contributed by atoms with van der Waals surface area (Å²) in [7, 11) is 4.11. The van der Waals surface area contributed by atoms with Crippen molar-refractivity contribution in [3.63, 3.8) is 0 Å². The molecule has 1 heterocycles. The van der Waals surface area contributed by atoms with Crippen molar-refractivity contribution in [1.82, 2.24) is 14.9 Å². The fourth-order valence-corrected chi connectivity index (χ4v) is 1.77. The first-order valence-corrected chi connectivity index (χ1v) is 6.35. The van der Waals surface area contributed by atoms with E-state index in [1.165, 1.54) is 12.8 Å². The minimum atomic E-state index is 0.520. The smallest absolute Gasteiger partial charge is 0.148 e. The molecule has 0 unspecified atom stereocenters. The molecule has 0 radical (unpaired) electrons. The molecule has 6 nitrogen and oxygen atoms in total. The van der Waals surface area contributed by atoms with Gasteiger partial charge in [0.2, 0.25) is 0 Å². The lowest BCUT2D eigenvalue weighted by Crippen LogP contribution is -2.22. The van der Waals surface area contributed by atoms with Gasteiger partial charge in [-0.05, 0) is 33.9 Å². The van der Waals surface area contributed by atoms with Crippen molar-refractivity contribution < 1.29 is 0 Å². The Hall–Kier alpha value is -1.40. The van der Waals surface area contributed by atoms with E-state index in [2.05, 4.69) is 39.7 Å². The van der Waals surface area contributed by atoms with Crippen LogP contribution in [0, 0.1) is 6.92 Å². The van der Waals surface area contributed by atoms with Crippen molar-refractivity contribution in [2.45, 2.75) is 25.7 Å². The van der Waals surface area contributed by atoms with Crippen LogP contribution in [0.3, 0.4) is 0 Å². The first-order chi connectivity index (χ1) is 8.61. The summed E-state index contributed by atoms with van der Waals surface area (Å²) in [6.07, 6.45) is 2.37. The molecule has 0 aromatic carbocycles. The van der Waals surface area contributed by atoms with Gasteiger partial charge in [-0.3, -0.25) is 0 Å². The summed E-state index contributed by atoms with van der Waals surface area (Å²) in [6.45, 7) is 3.80. The molecular weight excluding hydrogens is 228 g/mol. The highest BCUT2D eigenvalue weighted by Crippen LogP contribution is 2.39. The second-order valence-electron chi connectivity index (χ2n) is 5.05. The van der Waals surface area contributed by atoms with Gasteiger partial charge in [-0.15, -0.1) is 0 Å². The number of anilines is 2. The van der Waals surface area contributed by atoms with E-state index in [-0.39, 0.29) is 0 Å². The van der Waals surface area contributed by atoms with Gasteiger partial charge in [0, 0.05) is 24.6 Å². The Morgan fingerprint density at radius 2 is 1.94 bits per heavy atom. The summed E-state index contributed by atoms with van der Waals surface area (Å²) in [5.74, 6) is 8.55. The van der Waals surface area contributed by atoms with E-state index in [4.69, 9.17) is 5.84 Å². The lowest BCUT2D eigenvalue weighted by molar-refractivity contribution is 0.425. The van der Waals surface area contributed by atoms with Crippen molar-refractivity contribution >= 4 is 11.6 Å². The second kappa shape index (κ2) is 5.49. The van der Waals surface area contributed by atoms with Crippen LogP contribution in [0.5, 0.6) is 0 Å². The molecule has 1 aromatic heterocycles. The predicted molar refractivity (Wildman–Crippen MR) is 73.6 cm³/mol. The quantitative estimate of drug-likeness (QED) is 0.515. The molecule has 100 valence electrons.